The molecule has 1 aromatic heterocycles. The molecule has 0 radical (unpaired) electrons. The number of benzene rings is 1. The van der Waals surface area contributed by atoms with Gasteiger partial charge in [0.2, 0.25) is 0 Å². The minimum Gasteiger partial charge on any atom is -0.370 e. The summed E-state index contributed by atoms with van der Waals surface area (Å²) in [7, 11) is 0. The van der Waals surface area contributed by atoms with E-state index in [0.29, 0.717) is 5.02 Å². The van der Waals surface area contributed by atoms with Crippen molar-refractivity contribution in [3.63, 3.8) is 0 Å². The van der Waals surface area contributed by atoms with Crippen LogP contribution in [-0.4, -0.2) is 11.5 Å². The van der Waals surface area contributed by atoms with E-state index in [1.807, 2.05) is 19.1 Å². The maximum absolute atomic E-state index is 6.05. The molecule has 2 aromatic rings. The number of anilines is 1. The van der Waals surface area contributed by atoms with Crippen LogP contribution in [0.25, 0.3) is 10.9 Å². The van der Waals surface area contributed by atoms with Gasteiger partial charge in [0.1, 0.15) is 5.82 Å². The number of hydrogen-bond acceptors (Lipinski definition) is 2. The molecule has 0 saturated heterocycles. The quantitative estimate of drug-likeness (QED) is 0.889. The first-order chi connectivity index (χ1) is 7.63. The van der Waals surface area contributed by atoms with Gasteiger partial charge < -0.3 is 5.32 Å². The second kappa shape index (κ2) is 4.60. The van der Waals surface area contributed by atoms with Crippen LogP contribution in [0.3, 0.4) is 0 Å². The van der Waals surface area contributed by atoms with Crippen molar-refractivity contribution in [1.82, 2.24) is 4.98 Å². The van der Waals surface area contributed by atoms with Gasteiger partial charge in [-0.1, -0.05) is 17.7 Å². The Morgan fingerprint density at radius 1 is 1.44 bits per heavy atom. The molecule has 1 N–H and O–H groups in total. The SMILES string of the molecule is CCNc1nc2c(Br)c(Cl)ccc2cc1C. The largest absolute Gasteiger partial charge is 0.370 e. The van der Waals surface area contributed by atoms with Gasteiger partial charge in [0.15, 0.2) is 0 Å². The predicted octanol–water partition coefficient (Wildman–Crippen LogP) is 4.39. The van der Waals surface area contributed by atoms with E-state index in [0.717, 1.165) is 33.3 Å². The number of hydrogen-bond donors (Lipinski definition) is 1. The van der Waals surface area contributed by atoms with Crippen LogP contribution in [0.1, 0.15) is 12.5 Å². The van der Waals surface area contributed by atoms with Crippen molar-refractivity contribution in [2.24, 2.45) is 0 Å². The Bertz CT molecular complexity index is 540. The van der Waals surface area contributed by atoms with Gasteiger partial charge in [-0.05, 0) is 47.5 Å². The van der Waals surface area contributed by atoms with E-state index in [9.17, 15) is 0 Å². The molecular weight excluding hydrogens is 288 g/mol. The van der Waals surface area contributed by atoms with Crippen LogP contribution in [0.2, 0.25) is 5.02 Å². The van der Waals surface area contributed by atoms with Gasteiger partial charge in [-0.2, -0.15) is 0 Å². The van der Waals surface area contributed by atoms with Gasteiger partial charge in [0.25, 0.3) is 0 Å². The molecule has 1 heterocycles. The lowest BCUT2D eigenvalue weighted by atomic mass is 10.1. The Morgan fingerprint density at radius 2 is 2.19 bits per heavy atom. The molecule has 0 aliphatic heterocycles. The maximum Gasteiger partial charge on any atom is 0.129 e. The molecule has 0 aliphatic rings. The molecule has 0 saturated carbocycles. The van der Waals surface area contributed by atoms with E-state index in [4.69, 9.17) is 11.6 Å². The lowest BCUT2D eigenvalue weighted by Gasteiger charge is -2.09. The van der Waals surface area contributed by atoms with Crippen molar-refractivity contribution in [2.75, 3.05) is 11.9 Å². The van der Waals surface area contributed by atoms with Crippen molar-refractivity contribution < 1.29 is 0 Å². The summed E-state index contributed by atoms with van der Waals surface area (Å²) in [4.78, 5) is 4.58. The topological polar surface area (TPSA) is 24.9 Å². The zero-order chi connectivity index (χ0) is 11.7. The molecule has 4 heteroatoms. The molecule has 0 aliphatic carbocycles. The summed E-state index contributed by atoms with van der Waals surface area (Å²) >= 11 is 9.52. The Labute approximate surface area is 108 Å². The van der Waals surface area contributed by atoms with Crippen LogP contribution in [0.4, 0.5) is 5.82 Å². The molecule has 0 spiro atoms. The summed E-state index contributed by atoms with van der Waals surface area (Å²) in [5.41, 5.74) is 2.04. The van der Waals surface area contributed by atoms with Crippen molar-refractivity contribution in [2.45, 2.75) is 13.8 Å². The summed E-state index contributed by atoms with van der Waals surface area (Å²) in [6, 6.07) is 5.97. The molecule has 0 amide bonds. The van der Waals surface area contributed by atoms with E-state index >= 15 is 0 Å². The summed E-state index contributed by atoms with van der Waals surface area (Å²) < 4.78 is 0.853. The first-order valence-electron chi connectivity index (χ1n) is 5.12. The number of rotatable bonds is 2. The molecule has 2 rings (SSSR count). The second-order valence-electron chi connectivity index (χ2n) is 3.62. The fraction of sp³-hybridized carbons (Fsp3) is 0.250. The number of halogens is 2. The Morgan fingerprint density at radius 3 is 2.88 bits per heavy atom. The number of nitrogens with one attached hydrogen (secondary N) is 1. The van der Waals surface area contributed by atoms with Crippen LogP contribution in [-0.2, 0) is 0 Å². The fourth-order valence-electron chi connectivity index (χ4n) is 1.63. The molecule has 1 aromatic carbocycles. The third-order valence-corrected chi connectivity index (χ3v) is 3.76. The van der Waals surface area contributed by atoms with E-state index in [-0.39, 0.29) is 0 Å². The summed E-state index contributed by atoms with van der Waals surface area (Å²) in [6.07, 6.45) is 0. The number of aryl methyl sites for hydroxylation is 1. The van der Waals surface area contributed by atoms with Gasteiger partial charge in [0, 0.05) is 11.9 Å². The minimum absolute atomic E-state index is 0.686. The second-order valence-corrected chi connectivity index (χ2v) is 4.82. The summed E-state index contributed by atoms with van der Waals surface area (Å²) in [5, 5.41) is 5.02. The summed E-state index contributed by atoms with van der Waals surface area (Å²) in [5.74, 6) is 0.915. The molecule has 0 fully saturated rings. The van der Waals surface area contributed by atoms with Gasteiger partial charge in [-0.25, -0.2) is 4.98 Å². The molecule has 0 bridgehead atoms. The fourth-order valence-corrected chi connectivity index (χ4v) is 2.24. The number of pyridine rings is 1. The van der Waals surface area contributed by atoms with Crippen LogP contribution in [0.15, 0.2) is 22.7 Å². The Balaban J connectivity index is 2.70. The van der Waals surface area contributed by atoms with Crippen LogP contribution < -0.4 is 5.32 Å². The molecular formula is C12H12BrClN2. The monoisotopic (exact) mass is 298 g/mol. The van der Waals surface area contributed by atoms with Crippen LogP contribution in [0, 0.1) is 6.92 Å². The number of fused-ring (bicyclic) bond motifs is 1. The number of aromatic nitrogens is 1. The molecule has 0 atom stereocenters. The first-order valence-corrected chi connectivity index (χ1v) is 6.29. The lowest BCUT2D eigenvalue weighted by molar-refractivity contribution is 1.16. The average molecular weight is 300 g/mol. The predicted molar refractivity (Wildman–Crippen MR) is 73.4 cm³/mol. The third kappa shape index (κ3) is 2.02. The maximum atomic E-state index is 6.05. The smallest absolute Gasteiger partial charge is 0.129 e. The van der Waals surface area contributed by atoms with Crippen LogP contribution >= 0.6 is 27.5 Å². The lowest BCUT2D eigenvalue weighted by Crippen LogP contribution is -2.01. The molecule has 0 unspecified atom stereocenters. The Kier molecular flexibility index (Phi) is 3.36. The standard InChI is InChI=1S/C12H12BrClN2/c1-3-15-12-7(2)6-8-4-5-9(14)10(13)11(8)16-12/h4-6H,3H2,1-2H3,(H,15,16). The highest BCUT2D eigenvalue weighted by Crippen LogP contribution is 2.31. The van der Waals surface area contributed by atoms with Crippen LogP contribution in [0.5, 0.6) is 0 Å². The zero-order valence-electron chi connectivity index (χ0n) is 9.14. The van der Waals surface area contributed by atoms with Crippen molar-refractivity contribution in [3.05, 3.63) is 33.3 Å². The highest BCUT2D eigenvalue weighted by molar-refractivity contribution is 9.10. The first kappa shape index (κ1) is 11.7. The van der Waals surface area contributed by atoms with E-state index in [1.54, 1.807) is 0 Å². The Hall–Kier alpha value is -0.800. The van der Waals surface area contributed by atoms with Crippen molar-refractivity contribution in [3.8, 4) is 0 Å². The summed E-state index contributed by atoms with van der Waals surface area (Å²) in [6.45, 7) is 4.96. The number of nitrogens with zero attached hydrogens (tertiary/aromatic N) is 1. The minimum atomic E-state index is 0.686. The highest BCUT2D eigenvalue weighted by atomic mass is 79.9. The third-order valence-electron chi connectivity index (χ3n) is 2.41. The highest BCUT2D eigenvalue weighted by Gasteiger charge is 2.07. The van der Waals surface area contributed by atoms with E-state index < -0.39 is 0 Å². The van der Waals surface area contributed by atoms with Gasteiger partial charge >= 0.3 is 0 Å². The zero-order valence-corrected chi connectivity index (χ0v) is 11.5. The molecule has 2 nitrogen and oxygen atoms in total. The van der Waals surface area contributed by atoms with E-state index in [1.165, 1.54) is 0 Å². The van der Waals surface area contributed by atoms with Gasteiger partial charge in [-0.15, -0.1) is 0 Å². The van der Waals surface area contributed by atoms with E-state index in [2.05, 4.69) is 39.2 Å². The molecule has 16 heavy (non-hydrogen) atoms. The average Bonchev–Trinajstić information content (AvgIpc) is 2.26. The van der Waals surface area contributed by atoms with Gasteiger partial charge in [0.05, 0.1) is 15.0 Å². The van der Waals surface area contributed by atoms with Crippen molar-refractivity contribution >= 4 is 44.3 Å². The molecule has 84 valence electrons. The van der Waals surface area contributed by atoms with Gasteiger partial charge in [-0.3, -0.25) is 0 Å². The van der Waals surface area contributed by atoms with Crippen molar-refractivity contribution in [1.29, 1.82) is 0 Å². The normalized spacial score (nSPS) is 10.8.